The molecule has 1 amide bonds. The molecule has 1 heterocycles. The molecule has 4 nitrogen and oxygen atoms in total. The van der Waals surface area contributed by atoms with Crippen molar-refractivity contribution >= 4 is 17.5 Å². The monoisotopic (exact) mass is 347 g/mol. The first kappa shape index (κ1) is 18.5. The highest BCUT2D eigenvalue weighted by Crippen LogP contribution is 2.24. The van der Waals surface area contributed by atoms with Gasteiger partial charge in [-0.3, -0.25) is 9.48 Å². The average molecular weight is 348 g/mol. The Balaban J connectivity index is 2.18. The van der Waals surface area contributed by atoms with Gasteiger partial charge in [0.2, 0.25) is 0 Å². The van der Waals surface area contributed by atoms with E-state index in [1.807, 2.05) is 0 Å². The molecule has 130 valence electrons. The number of aromatic nitrogens is 2. The number of carbonyl (C=O) groups excluding carboxylic acids is 1. The van der Waals surface area contributed by atoms with Crippen molar-refractivity contribution in [1.29, 1.82) is 0 Å². The van der Waals surface area contributed by atoms with Gasteiger partial charge < -0.3 is 5.32 Å². The minimum absolute atomic E-state index is 0.0465. The van der Waals surface area contributed by atoms with Crippen molar-refractivity contribution in [1.82, 2.24) is 15.1 Å². The Morgan fingerprint density at radius 1 is 1.21 bits per heavy atom. The van der Waals surface area contributed by atoms with Crippen LogP contribution in [0.3, 0.4) is 0 Å². The topological polar surface area (TPSA) is 46.9 Å². The van der Waals surface area contributed by atoms with E-state index in [1.165, 1.54) is 10.2 Å². The van der Waals surface area contributed by atoms with Gasteiger partial charge in [-0.25, -0.2) is 0 Å². The minimum atomic E-state index is -0.194. The van der Waals surface area contributed by atoms with Crippen LogP contribution in [-0.4, -0.2) is 15.7 Å². The Morgan fingerprint density at radius 3 is 2.25 bits per heavy atom. The molecule has 0 saturated carbocycles. The molecule has 0 bridgehead atoms. The van der Waals surface area contributed by atoms with Crippen molar-refractivity contribution in [3.8, 4) is 0 Å². The van der Waals surface area contributed by atoms with Gasteiger partial charge in [0.05, 0.1) is 16.8 Å². The summed E-state index contributed by atoms with van der Waals surface area (Å²) in [6.45, 7) is 8.27. The zero-order chi connectivity index (χ0) is 17.9. The number of amides is 1. The van der Waals surface area contributed by atoms with Crippen molar-refractivity contribution < 1.29 is 4.79 Å². The van der Waals surface area contributed by atoms with Gasteiger partial charge in [0.1, 0.15) is 5.69 Å². The van der Waals surface area contributed by atoms with E-state index in [-0.39, 0.29) is 11.9 Å². The number of benzene rings is 1. The van der Waals surface area contributed by atoms with Crippen molar-refractivity contribution in [3.05, 3.63) is 51.8 Å². The van der Waals surface area contributed by atoms with Crippen molar-refractivity contribution in [2.45, 2.75) is 52.5 Å². The minimum Gasteiger partial charge on any atom is -0.344 e. The van der Waals surface area contributed by atoms with E-state index >= 15 is 0 Å². The largest absolute Gasteiger partial charge is 0.344 e. The maximum absolute atomic E-state index is 12.6. The van der Waals surface area contributed by atoms with E-state index in [0.717, 1.165) is 18.4 Å². The molecule has 1 N–H and O–H groups in total. The first-order valence-corrected chi connectivity index (χ1v) is 8.86. The normalized spacial score (nSPS) is 13.6. The van der Waals surface area contributed by atoms with E-state index in [1.54, 1.807) is 14.0 Å². The van der Waals surface area contributed by atoms with Crippen molar-refractivity contribution in [3.63, 3.8) is 0 Å². The van der Waals surface area contributed by atoms with Gasteiger partial charge in [0.25, 0.3) is 5.91 Å². The molecule has 0 aliphatic heterocycles. The molecule has 2 unspecified atom stereocenters. The van der Waals surface area contributed by atoms with E-state index in [0.29, 0.717) is 22.3 Å². The Kier molecular flexibility index (Phi) is 6.05. The summed E-state index contributed by atoms with van der Waals surface area (Å²) in [6.07, 6.45) is 1.93. The SMILES string of the molecule is CCC(C)c1ccc(C(CC)NC(=O)c2c(Cl)c(C)nn2C)cc1. The molecule has 2 atom stereocenters. The van der Waals surface area contributed by atoms with E-state index in [4.69, 9.17) is 11.6 Å². The van der Waals surface area contributed by atoms with Crippen LogP contribution in [0.1, 0.15) is 72.9 Å². The summed E-state index contributed by atoms with van der Waals surface area (Å²) in [6, 6.07) is 8.46. The highest BCUT2D eigenvalue weighted by atomic mass is 35.5. The number of aryl methyl sites for hydroxylation is 2. The number of hydrogen-bond acceptors (Lipinski definition) is 2. The molecule has 0 fully saturated rings. The molecule has 0 aliphatic rings. The molecule has 2 aromatic rings. The summed E-state index contributed by atoms with van der Waals surface area (Å²) in [4.78, 5) is 12.6. The van der Waals surface area contributed by atoms with Crippen LogP contribution in [0, 0.1) is 6.92 Å². The lowest BCUT2D eigenvalue weighted by atomic mass is 9.95. The van der Waals surface area contributed by atoms with Gasteiger partial charge in [-0.2, -0.15) is 5.10 Å². The standard InChI is InChI=1S/C19H26ClN3O/c1-6-12(3)14-8-10-15(11-9-14)16(7-2)21-19(24)18-17(20)13(4)22-23(18)5/h8-12,16H,6-7H2,1-5H3,(H,21,24). The molecule has 1 aromatic heterocycles. The Bertz CT molecular complexity index is 706. The van der Waals surface area contributed by atoms with Gasteiger partial charge >= 0.3 is 0 Å². The third kappa shape index (κ3) is 3.81. The first-order valence-electron chi connectivity index (χ1n) is 8.48. The van der Waals surface area contributed by atoms with Gasteiger partial charge in [0, 0.05) is 7.05 Å². The average Bonchev–Trinajstić information content (AvgIpc) is 2.84. The van der Waals surface area contributed by atoms with Crippen LogP contribution in [0.2, 0.25) is 5.02 Å². The van der Waals surface area contributed by atoms with Crippen LogP contribution in [0.15, 0.2) is 24.3 Å². The van der Waals surface area contributed by atoms with Gasteiger partial charge in [0.15, 0.2) is 0 Å². The van der Waals surface area contributed by atoms with E-state index in [2.05, 4.69) is 55.5 Å². The highest BCUT2D eigenvalue weighted by Gasteiger charge is 2.21. The van der Waals surface area contributed by atoms with Crippen LogP contribution < -0.4 is 5.32 Å². The van der Waals surface area contributed by atoms with Crippen LogP contribution in [0.25, 0.3) is 0 Å². The van der Waals surface area contributed by atoms with E-state index in [9.17, 15) is 4.79 Å². The number of hydrogen-bond donors (Lipinski definition) is 1. The third-order valence-corrected chi connectivity index (χ3v) is 5.05. The quantitative estimate of drug-likeness (QED) is 0.817. The fraction of sp³-hybridized carbons (Fsp3) is 0.474. The van der Waals surface area contributed by atoms with Crippen LogP contribution in [0.5, 0.6) is 0 Å². The predicted molar refractivity (Wildman–Crippen MR) is 98.6 cm³/mol. The number of rotatable bonds is 6. The van der Waals surface area contributed by atoms with Gasteiger partial charge in [-0.05, 0) is 36.8 Å². The maximum atomic E-state index is 12.6. The number of nitrogens with zero attached hydrogens (tertiary/aromatic N) is 2. The number of halogens is 1. The Labute approximate surface area is 149 Å². The predicted octanol–water partition coefficient (Wildman–Crippen LogP) is 4.78. The van der Waals surface area contributed by atoms with Crippen LogP contribution in [-0.2, 0) is 7.05 Å². The molecule has 24 heavy (non-hydrogen) atoms. The summed E-state index contributed by atoms with van der Waals surface area (Å²) in [5.41, 5.74) is 3.50. The molecule has 1 aromatic carbocycles. The van der Waals surface area contributed by atoms with Crippen molar-refractivity contribution in [2.24, 2.45) is 7.05 Å². The molecule has 0 radical (unpaired) electrons. The summed E-state index contributed by atoms with van der Waals surface area (Å²) >= 11 is 6.21. The number of carbonyl (C=O) groups is 1. The number of nitrogens with one attached hydrogen (secondary N) is 1. The van der Waals surface area contributed by atoms with Crippen LogP contribution >= 0.6 is 11.6 Å². The molecule has 0 aliphatic carbocycles. The molecule has 0 saturated heterocycles. The Morgan fingerprint density at radius 2 is 1.79 bits per heavy atom. The summed E-state index contributed by atoms with van der Waals surface area (Å²) in [7, 11) is 1.73. The fourth-order valence-corrected chi connectivity index (χ4v) is 3.07. The molecule has 5 heteroatoms. The van der Waals surface area contributed by atoms with Crippen LogP contribution in [0.4, 0.5) is 0 Å². The first-order chi connectivity index (χ1) is 11.4. The zero-order valence-electron chi connectivity index (χ0n) is 15.1. The molecular weight excluding hydrogens is 322 g/mol. The fourth-order valence-electron chi connectivity index (χ4n) is 2.82. The summed E-state index contributed by atoms with van der Waals surface area (Å²) in [5, 5.41) is 7.69. The lowest BCUT2D eigenvalue weighted by Crippen LogP contribution is -2.30. The highest BCUT2D eigenvalue weighted by molar-refractivity contribution is 6.34. The second kappa shape index (κ2) is 7.84. The Hall–Kier alpha value is -1.81. The third-order valence-electron chi connectivity index (χ3n) is 4.60. The second-order valence-corrected chi connectivity index (χ2v) is 6.66. The smallest absolute Gasteiger partial charge is 0.271 e. The zero-order valence-corrected chi connectivity index (χ0v) is 15.8. The maximum Gasteiger partial charge on any atom is 0.271 e. The molecule has 2 rings (SSSR count). The molecule has 0 spiro atoms. The molecular formula is C19H26ClN3O. The van der Waals surface area contributed by atoms with Crippen molar-refractivity contribution in [2.75, 3.05) is 0 Å². The second-order valence-electron chi connectivity index (χ2n) is 6.28. The summed E-state index contributed by atoms with van der Waals surface area (Å²) < 4.78 is 1.53. The van der Waals surface area contributed by atoms with Gasteiger partial charge in [-0.15, -0.1) is 0 Å². The lowest BCUT2D eigenvalue weighted by Gasteiger charge is -2.19. The lowest BCUT2D eigenvalue weighted by molar-refractivity contribution is 0.0926. The van der Waals surface area contributed by atoms with E-state index < -0.39 is 0 Å². The van der Waals surface area contributed by atoms with Gasteiger partial charge in [-0.1, -0.05) is 56.6 Å². The summed E-state index contributed by atoms with van der Waals surface area (Å²) in [5.74, 6) is 0.353.